The second kappa shape index (κ2) is 5.97. The Bertz CT molecular complexity index is 535. The molecule has 0 saturated heterocycles. The number of methoxy groups -OCH3 is 1. The highest BCUT2D eigenvalue weighted by Crippen LogP contribution is 2.23. The quantitative estimate of drug-likeness (QED) is 0.907. The molecule has 0 aromatic heterocycles. The van der Waals surface area contributed by atoms with E-state index < -0.39 is 5.54 Å². The molecule has 0 bridgehead atoms. The first-order valence-electron chi connectivity index (χ1n) is 6.72. The minimum absolute atomic E-state index is 0.393. The van der Waals surface area contributed by atoms with E-state index in [0.717, 1.165) is 23.5 Å². The fourth-order valence-corrected chi connectivity index (χ4v) is 2.33. The molecule has 0 radical (unpaired) electrons. The Kier molecular flexibility index (Phi) is 4.30. The van der Waals surface area contributed by atoms with Crippen LogP contribution < -0.4 is 15.4 Å². The highest BCUT2D eigenvalue weighted by molar-refractivity contribution is 5.49. The van der Waals surface area contributed by atoms with Crippen LogP contribution in [-0.2, 0) is 5.54 Å². The molecule has 0 aliphatic rings. The molecule has 0 heterocycles. The average molecular weight is 270 g/mol. The minimum Gasteiger partial charge on any atom is -0.497 e. The topological polar surface area (TPSA) is 38.5 Å². The summed E-state index contributed by atoms with van der Waals surface area (Å²) >= 11 is 0. The molecule has 0 saturated carbocycles. The fraction of sp³-hybridized carbons (Fsp3) is 0.294. The number of hydrogen-bond donors (Lipinski definition) is 1. The van der Waals surface area contributed by atoms with E-state index >= 15 is 0 Å². The van der Waals surface area contributed by atoms with Gasteiger partial charge in [0.2, 0.25) is 0 Å². The van der Waals surface area contributed by atoms with Gasteiger partial charge in [-0.2, -0.15) is 0 Å². The van der Waals surface area contributed by atoms with E-state index in [9.17, 15) is 0 Å². The molecule has 2 aromatic rings. The highest BCUT2D eigenvalue weighted by Gasteiger charge is 2.23. The van der Waals surface area contributed by atoms with Gasteiger partial charge in [0.25, 0.3) is 0 Å². The molecule has 1 unspecified atom stereocenters. The Morgan fingerprint density at radius 2 is 1.65 bits per heavy atom. The average Bonchev–Trinajstić information content (AvgIpc) is 2.48. The third kappa shape index (κ3) is 3.31. The summed E-state index contributed by atoms with van der Waals surface area (Å²) < 4.78 is 5.18. The molecule has 2 N–H and O–H groups in total. The molecular formula is C17H22N2O. The SMILES string of the molecule is COc1ccc(N(C)CC(C)(N)c2ccccc2)cc1. The Hall–Kier alpha value is -2.00. The molecule has 0 fully saturated rings. The van der Waals surface area contributed by atoms with Crippen molar-refractivity contribution in [1.29, 1.82) is 0 Å². The van der Waals surface area contributed by atoms with Crippen molar-refractivity contribution < 1.29 is 4.74 Å². The first kappa shape index (κ1) is 14.4. The van der Waals surface area contributed by atoms with Crippen LogP contribution >= 0.6 is 0 Å². The molecule has 0 aliphatic heterocycles. The number of nitrogens with zero attached hydrogens (tertiary/aromatic N) is 1. The predicted molar refractivity (Wildman–Crippen MR) is 84.2 cm³/mol. The van der Waals surface area contributed by atoms with Gasteiger partial charge in [-0.3, -0.25) is 0 Å². The molecule has 0 amide bonds. The third-order valence-corrected chi connectivity index (χ3v) is 3.51. The molecule has 0 aliphatic carbocycles. The van der Waals surface area contributed by atoms with Crippen molar-refractivity contribution in [3.05, 3.63) is 60.2 Å². The van der Waals surface area contributed by atoms with Gasteiger partial charge >= 0.3 is 0 Å². The van der Waals surface area contributed by atoms with Crippen LogP contribution in [0.3, 0.4) is 0 Å². The minimum atomic E-state index is -0.393. The van der Waals surface area contributed by atoms with E-state index in [-0.39, 0.29) is 0 Å². The molecule has 20 heavy (non-hydrogen) atoms. The summed E-state index contributed by atoms with van der Waals surface area (Å²) in [5.74, 6) is 0.862. The maximum absolute atomic E-state index is 6.47. The number of nitrogens with two attached hydrogens (primary N) is 1. The Morgan fingerprint density at radius 3 is 2.20 bits per heavy atom. The van der Waals surface area contributed by atoms with Gasteiger partial charge in [0, 0.05) is 19.3 Å². The predicted octanol–water partition coefficient (Wildman–Crippen LogP) is 3.01. The molecule has 106 valence electrons. The Labute approximate surface area is 121 Å². The van der Waals surface area contributed by atoms with Crippen molar-refractivity contribution in [1.82, 2.24) is 0 Å². The molecule has 1 atom stereocenters. The largest absolute Gasteiger partial charge is 0.497 e. The van der Waals surface area contributed by atoms with Crippen LogP contribution in [0.4, 0.5) is 5.69 Å². The maximum atomic E-state index is 6.47. The number of anilines is 1. The standard InChI is InChI=1S/C17H22N2O/c1-17(18,14-7-5-4-6-8-14)13-19(2)15-9-11-16(20-3)12-10-15/h4-12H,13,18H2,1-3H3. The molecule has 2 aromatic carbocycles. The lowest BCUT2D eigenvalue weighted by Gasteiger charge is -2.32. The van der Waals surface area contributed by atoms with Crippen molar-refractivity contribution in [2.24, 2.45) is 5.73 Å². The smallest absolute Gasteiger partial charge is 0.119 e. The monoisotopic (exact) mass is 270 g/mol. The molecular weight excluding hydrogens is 248 g/mol. The van der Waals surface area contributed by atoms with Crippen LogP contribution in [0.2, 0.25) is 0 Å². The Balaban J connectivity index is 2.11. The fourth-order valence-electron chi connectivity index (χ4n) is 2.33. The molecule has 2 rings (SSSR count). The van der Waals surface area contributed by atoms with Gasteiger partial charge < -0.3 is 15.4 Å². The van der Waals surface area contributed by atoms with Gasteiger partial charge in [-0.1, -0.05) is 30.3 Å². The van der Waals surface area contributed by atoms with Gasteiger partial charge in [0.1, 0.15) is 5.75 Å². The summed E-state index contributed by atoms with van der Waals surface area (Å²) in [5, 5.41) is 0. The van der Waals surface area contributed by atoms with Crippen molar-refractivity contribution in [3.8, 4) is 5.75 Å². The zero-order valence-electron chi connectivity index (χ0n) is 12.3. The number of ether oxygens (including phenoxy) is 1. The van der Waals surface area contributed by atoms with Crippen molar-refractivity contribution >= 4 is 5.69 Å². The molecule has 3 heteroatoms. The van der Waals surface area contributed by atoms with Crippen molar-refractivity contribution in [2.75, 3.05) is 25.6 Å². The number of hydrogen-bond acceptors (Lipinski definition) is 3. The zero-order chi connectivity index (χ0) is 14.6. The zero-order valence-corrected chi connectivity index (χ0v) is 12.3. The van der Waals surface area contributed by atoms with Gasteiger partial charge in [-0.15, -0.1) is 0 Å². The summed E-state index contributed by atoms with van der Waals surface area (Å²) in [4.78, 5) is 2.16. The second-order valence-corrected chi connectivity index (χ2v) is 5.34. The lowest BCUT2D eigenvalue weighted by atomic mass is 9.92. The Morgan fingerprint density at radius 1 is 1.05 bits per heavy atom. The van der Waals surface area contributed by atoms with Crippen LogP contribution in [0.15, 0.2) is 54.6 Å². The van der Waals surface area contributed by atoms with Crippen molar-refractivity contribution in [2.45, 2.75) is 12.5 Å². The molecule has 0 spiro atoms. The van der Waals surface area contributed by atoms with E-state index in [4.69, 9.17) is 10.5 Å². The normalized spacial score (nSPS) is 13.6. The lowest BCUT2D eigenvalue weighted by Crippen LogP contribution is -2.44. The summed E-state index contributed by atoms with van der Waals surface area (Å²) in [6.07, 6.45) is 0. The maximum Gasteiger partial charge on any atom is 0.119 e. The second-order valence-electron chi connectivity index (χ2n) is 5.34. The van der Waals surface area contributed by atoms with Gasteiger partial charge in [0.15, 0.2) is 0 Å². The van der Waals surface area contributed by atoms with Gasteiger partial charge in [-0.05, 0) is 36.8 Å². The van der Waals surface area contributed by atoms with Gasteiger partial charge in [-0.25, -0.2) is 0 Å². The number of rotatable bonds is 5. The van der Waals surface area contributed by atoms with Crippen molar-refractivity contribution in [3.63, 3.8) is 0 Å². The summed E-state index contributed by atoms with van der Waals surface area (Å²) in [5.41, 5.74) is 8.34. The lowest BCUT2D eigenvalue weighted by molar-refractivity contribution is 0.414. The summed E-state index contributed by atoms with van der Waals surface area (Å²) in [7, 11) is 3.72. The highest BCUT2D eigenvalue weighted by atomic mass is 16.5. The number of likely N-dealkylation sites (N-methyl/N-ethyl adjacent to an activating group) is 1. The van der Waals surface area contributed by atoms with E-state index in [2.05, 4.69) is 31.0 Å². The van der Waals surface area contributed by atoms with Crippen LogP contribution in [0, 0.1) is 0 Å². The van der Waals surface area contributed by atoms with Crippen LogP contribution in [0.25, 0.3) is 0 Å². The first-order chi connectivity index (χ1) is 9.53. The van der Waals surface area contributed by atoms with Crippen LogP contribution in [0.5, 0.6) is 5.75 Å². The summed E-state index contributed by atoms with van der Waals surface area (Å²) in [6.45, 7) is 2.80. The van der Waals surface area contributed by atoms with E-state index in [0.29, 0.717) is 0 Å². The third-order valence-electron chi connectivity index (χ3n) is 3.51. The first-order valence-corrected chi connectivity index (χ1v) is 6.72. The van der Waals surface area contributed by atoms with Crippen LogP contribution in [0.1, 0.15) is 12.5 Å². The van der Waals surface area contributed by atoms with Gasteiger partial charge in [0.05, 0.1) is 12.6 Å². The summed E-state index contributed by atoms with van der Waals surface area (Å²) in [6, 6.07) is 18.2. The van der Waals surface area contributed by atoms with E-state index in [1.54, 1.807) is 7.11 Å². The van der Waals surface area contributed by atoms with E-state index in [1.807, 2.05) is 42.5 Å². The van der Waals surface area contributed by atoms with Crippen LogP contribution in [-0.4, -0.2) is 20.7 Å². The molecule has 3 nitrogen and oxygen atoms in total. The number of benzene rings is 2. The van der Waals surface area contributed by atoms with E-state index in [1.165, 1.54) is 0 Å².